The van der Waals surface area contributed by atoms with Crippen LogP contribution in [0.2, 0.25) is 0 Å². The topological polar surface area (TPSA) is 87.7 Å². The summed E-state index contributed by atoms with van der Waals surface area (Å²) in [6.45, 7) is 3.02. The van der Waals surface area contributed by atoms with Gasteiger partial charge in [0.05, 0.1) is 16.7 Å². The molecule has 1 heterocycles. The largest absolute Gasteiger partial charge is 0.507 e. The summed E-state index contributed by atoms with van der Waals surface area (Å²) < 4.78 is 5.37. The summed E-state index contributed by atoms with van der Waals surface area (Å²) >= 11 is 0. The molecule has 1 aromatic heterocycles. The van der Waals surface area contributed by atoms with Crippen LogP contribution in [0.4, 0.5) is 0 Å². The van der Waals surface area contributed by atoms with Crippen molar-refractivity contribution in [3.63, 3.8) is 0 Å². The van der Waals surface area contributed by atoms with Gasteiger partial charge in [-0.05, 0) is 19.9 Å². The first-order chi connectivity index (χ1) is 9.43. The van der Waals surface area contributed by atoms with Crippen molar-refractivity contribution in [3.05, 3.63) is 52.0 Å². The van der Waals surface area contributed by atoms with Crippen LogP contribution in [0, 0.1) is 6.92 Å². The summed E-state index contributed by atoms with van der Waals surface area (Å²) in [6.07, 6.45) is -0.993. The minimum atomic E-state index is -0.993. The maximum Gasteiger partial charge on any atom is 0.201 e. The van der Waals surface area contributed by atoms with Crippen molar-refractivity contribution in [1.29, 1.82) is 0 Å². The normalized spacial score (nSPS) is 14.9. The summed E-state index contributed by atoms with van der Waals surface area (Å²) in [5.41, 5.74) is 0.344. The van der Waals surface area contributed by atoms with E-state index in [-0.39, 0.29) is 39.5 Å². The number of aliphatic hydroxyl groups is 1. The fraction of sp³-hybridized carbons (Fsp3) is 0.200. The van der Waals surface area contributed by atoms with E-state index in [0.717, 1.165) is 0 Å². The molecule has 5 heteroatoms. The zero-order valence-corrected chi connectivity index (χ0v) is 10.9. The number of aromatic hydroxyl groups is 1. The quantitative estimate of drug-likeness (QED) is 0.708. The number of hydrogen-bond acceptors (Lipinski definition) is 5. The van der Waals surface area contributed by atoms with Crippen LogP contribution < -0.4 is 0 Å². The first-order valence-corrected chi connectivity index (χ1v) is 6.16. The Bertz CT molecular complexity index is 752. The number of carbonyl (C=O) groups is 2. The fourth-order valence-corrected chi connectivity index (χ4v) is 2.59. The number of rotatable bonds is 1. The lowest BCUT2D eigenvalue weighted by Gasteiger charge is -2.16. The Morgan fingerprint density at radius 3 is 2.45 bits per heavy atom. The van der Waals surface area contributed by atoms with Crippen LogP contribution in [-0.4, -0.2) is 21.8 Å². The highest BCUT2D eigenvalue weighted by Gasteiger charge is 2.38. The van der Waals surface area contributed by atoms with Gasteiger partial charge in [0, 0.05) is 5.56 Å². The van der Waals surface area contributed by atoms with Crippen LogP contribution in [0.5, 0.6) is 5.75 Å². The van der Waals surface area contributed by atoms with Crippen LogP contribution in [0.25, 0.3) is 0 Å². The first-order valence-electron chi connectivity index (χ1n) is 6.16. The summed E-state index contributed by atoms with van der Waals surface area (Å²) in [5, 5.41) is 19.5. The van der Waals surface area contributed by atoms with Crippen LogP contribution in [0.1, 0.15) is 56.4 Å². The molecule has 1 aliphatic rings. The number of hydrogen-bond donors (Lipinski definition) is 2. The van der Waals surface area contributed by atoms with Gasteiger partial charge in [-0.1, -0.05) is 12.1 Å². The molecule has 0 amide bonds. The molecule has 0 fully saturated rings. The molecule has 2 aromatic rings. The molecule has 0 aliphatic heterocycles. The molecule has 1 aromatic carbocycles. The Balaban J connectivity index is 2.37. The first kappa shape index (κ1) is 12.6. The second-order valence-corrected chi connectivity index (χ2v) is 4.81. The van der Waals surface area contributed by atoms with Gasteiger partial charge in [-0.3, -0.25) is 9.59 Å². The third kappa shape index (κ3) is 1.47. The molecule has 0 saturated carbocycles. The van der Waals surface area contributed by atoms with Crippen molar-refractivity contribution in [3.8, 4) is 5.75 Å². The van der Waals surface area contributed by atoms with E-state index >= 15 is 0 Å². The highest BCUT2D eigenvalue weighted by atomic mass is 16.4. The minimum Gasteiger partial charge on any atom is -0.507 e. The van der Waals surface area contributed by atoms with E-state index in [1.165, 1.54) is 25.1 Å². The Labute approximate surface area is 114 Å². The number of fused-ring (bicyclic) bond motifs is 2. The van der Waals surface area contributed by atoms with E-state index in [4.69, 9.17) is 4.42 Å². The van der Waals surface area contributed by atoms with Crippen molar-refractivity contribution in [1.82, 2.24) is 0 Å². The Hall–Kier alpha value is -2.40. The number of aliphatic hydroxyl groups excluding tert-OH is 1. The molecule has 3 rings (SSSR count). The van der Waals surface area contributed by atoms with Gasteiger partial charge in [-0.25, -0.2) is 0 Å². The molecule has 0 radical (unpaired) electrons. The predicted octanol–water partition coefficient (Wildman–Crippen LogP) is 2.12. The van der Waals surface area contributed by atoms with Crippen molar-refractivity contribution >= 4 is 11.6 Å². The standard InChI is InChI=1S/C15H12O5/c1-6(16)15-12-10(7(2)20-15)14(19)11-8(13(12)18)4-3-5-9(11)17/h3-6,16-17H,1-2H3. The lowest BCUT2D eigenvalue weighted by atomic mass is 9.83. The molecular formula is C15H12O5. The third-order valence-electron chi connectivity index (χ3n) is 3.46. The molecule has 0 spiro atoms. The molecule has 20 heavy (non-hydrogen) atoms. The van der Waals surface area contributed by atoms with E-state index in [1.54, 1.807) is 6.92 Å². The summed E-state index contributed by atoms with van der Waals surface area (Å²) in [5.74, 6) is -0.752. The van der Waals surface area contributed by atoms with Crippen LogP contribution in [0.3, 0.4) is 0 Å². The fourth-order valence-electron chi connectivity index (χ4n) is 2.59. The minimum absolute atomic E-state index is 0.00829. The predicted molar refractivity (Wildman–Crippen MR) is 69.1 cm³/mol. The average Bonchev–Trinajstić information content (AvgIpc) is 2.74. The lowest BCUT2D eigenvalue weighted by molar-refractivity contribution is 0.0972. The summed E-state index contributed by atoms with van der Waals surface area (Å²) in [6, 6.07) is 4.34. The van der Waals surface area contributed by atoms with Gasteiger partial charge in [-0.2, -0.15) is 0 Å². The van der Waals surface area contributed by atoms with Gasteiger partial charge in [0.1, 0.15) is 23.4 Å². The third-order valence-corrected chi connectivity index (χ3v) is 3.46. The number of phenolic OH excluding ortho intramolecular Hbond substituents is 1. The zero-order valence-electron chi connectivity index (χ0n) is 10.9. The van der Waals surface area contributed by atoms with Crippen molar-refractivity contribution in [2.24, 2.45) is 0 Å². The maximum absolute atomic E-state index is 12.5. The van der Waals surface area contributed by atoms with Gasteiger partial charge >= 0.3 is 0 Å². The van der Waals surface area contributed by atoms with Crippen LogP contribution in [-0.2, 0) is 0 Å². The van der Waals surface area contributed by atoms with E-state index < -0.39 is 17.7 Å². The Morgan fingerprint density at radius 2 is 1.80 bits per heavy atom. The average molecular weight is 272 g/mol. The molecule has 0 bridgehead atoms. The monoisotopic (exact) mass is 272 g/mol. The Kier molecular flexibility index (Phi) is 2.55. The van der Waals surface area contributed by atoms with Gasteiger partial charge < -0.3 is 14.6 Å². The van der Waals surface area contributed by atoms with E-state index in [2.05, 4.69) is 0 Å². The number of phenols is 1. The van der Waals surface area contributed by atoms with Gasteiger partial charge in [0.15, 0.2) is 5.78 Å². The molecule has 5 nitrogen and oxygen atoms in total. The highest BCUT2D eigenvalue weighted by Crippen LogP contribution is 2.38. The molecule has 1 unspecified atom stereocenters. The molecular weight excluding hydrogens is 260 g/mol. The Morgan fingerprint density at radius 1 is 1.10 bits per heavy atom. The number of carbonyl (C=O) groups excluding carboxylic acids is 2. The highest BCUT2D eigenvalue weighted by molar-refractivity contribution is 6.30. The molecule has 2 N–H and O–H groups in total. The SMILES string of the molecule is Cc1oc(C(C)O)c2c1C(=O)c1c(O)cccc1C2=O. The molecule has 1 aliphatic carbocycles. The molecule has 102 valence electrons. The van der Waals surface area contributed by atoms with Gasteiger partial charge in [0.25, 0.3) is 0 Å². The van der Waals surface area contributed by atoms with E-state index in [9.17, 15) is 19.8 Å². The van der Waals surface area contributed by atoms with Crippen molar-refractivity contribution < 1.29 is 24.2 Å². The number of furan rings is 1. The smallest absolute Gasteiger partial charge is 0.201 e. The lowest BCUT2D eigenvalue weighted by Crippen LogP contribution is -2.21. The van der Waals surface area contributed by atoms with Crippen LogP contribution in [0.15, 0.2) is 22.6 Å². The van der Waals surface area contributed by atoms with Crippen molar-refractivity contribution in [2.75, 3.05) is 0 Å². The second kappa shape index (κ2) is 4.05. The maximum atomic E-state index is 12.5. The van der Waals surface area contributed by atoms with E-state index in [0.29, 0.717) is 0 Å². The number of benzene rings is 1. The van der Waals surface area contributed by atoms with E-state index in [1.807, 2.05) is 0 Å². The van der Waals surface area contributed by atoms with Crippen molar-refractivity contribution in [2.45, 2.75) is 20.0 Å². The van der Waals surface area contributed by atoms with Crippen LogP contribution >= 0.6 is 0 Å². The second-order valence-electron chi connectivity index (χ2n) is 4.81. The van der Waals surface area contributed by atoms with Gasteiger partial charge in [0.2, 0.25) is 5.78 Å². The molecule has 0 saturated heterocycles. The number of ketones is 2. The summed E-state index contributed by atoms with van der Waals surface area (Å²) in [7, 11) is 0. The zero-order chi connectivity index (χ0) is 14.6. The molecule has 1 atom stereocenters. The number of aryl methyl sites for hydroxylation is 1. The van der Waals surface area contributed by atoms with Gasteiger partial charge in [-0.15, -0.1) is 0 Å². The summed E-state index contributed by atoms with van der Waals surface area (Å²) in [4.78, 5) is 25.0.